The molecule has 0 spiro atoms. The van der Waals surface area contributed by atoms with E-state index in [-0.39, 0.29) is 0 Å². The average molecular weight is 216 g/mol. The van der Waals surface area contributed by atoms with Gasteiger partial charge in [-0.1, -0.05) is 0 Å². The van der Waals surface area contributed by atoms with Gasteiger partial charge in [-0.15, -0.1) is 10.2 Å². The second-order valence-corrected chi connectivity index (χ2v) is 3.32. The molecule has 5 heteroatoms. The van der Waals surface area contributed by atoms with Gasteiger partial charge in [0.2, 0.25) is 0 Å². The van der Waals surface area contributed by atoms with Crippen LogP contribution in [0.3, 0.4) is 0 Å². The Balaban J connectivity index is 2.03. The molecule has 0 unspecified atom stereocenters. The van der Waals surface area contributed by atoms with E-state index in [0.717, 1.165) is 5.56 Å². The highest BCUT2D eigenvalue weighted by Gasteiger charge is 2.15. The van der Waals surface area contributed by atoms with Crippen LogP contribution in [0.15, 0.2) is 44.0 Å². The molecule has 0 amide bonds. The van der Waals surface area contributed by atoms with Crippen molar-refractivity contribution in [1.29, 1.82) is 0 Å². The third-order valence-corrected chi connectivity index (χ3v) is 2.21. The summed E-state index contributed by atoms with van der Waals surface area (Å²) >= 11 is 0. The number of aryl methyl sites for hydroxylation is 1. The predicted octanol–water partition coefficient (Wildman–Crippen LogP) is 2.90. The maximum Gasteiger partial charge on any atom is 0.284 e. The summed E-state index contributed by atoms with van der Waals surface area (Å²) in [6.45, 7) is 1.91. The van der Waals surface area contributed by atoms with Crippen LogP contribution in [0.2, 0.25) is 0 Å². The molecule has 0 aliphatic heterocycles. The second-order valence-electron chi connectivity index (χ2n) is 3.32. The number of hydrogen-bond acceptors (Lipinski definition) is 5. The van der Waals surface area contributed by atoms with Crippen molar-refractivity contribution in [3.05, 3.63) is 36.3 Å². The zero-order valence-electron chi connectivity index (χ0n) is 8.51. The van der Waals surface area contributed by atoms with Gasteiger partial charge in [0.05, 0.1) is 12.5 Å². The van der Waals surface area contributed by atoms with Crippen LogP contribution in [0.1, 0.15) is 5.56 Å². The van der Waals surface area contributed by atoms with Gasteiger partial charge >= 0.3 is 0 Å². The van der Waals surface area contributed by atoms with Gasteiger partial charge < -0.3 is 13.3 Å². The molecule has 3 aromatic heterocycles. The van der Waals surface area contributed by atoms with Crippen molar-refractivity contribution in [2.45, 2.75) is 6.92 Å². The molecule has 0 atom stereocenters. The summed E-state index contributed by atoms with van der Waals surface area (Å²) in [7, 11) is 0. The summed E-state index contributed by atoms with van der Waals surface area (Å²) < 4.78 is 15.9. The van der Waals surface area contributed by atoms with Crippen molar-refractivity contribution in [1.82, 2.24) is 10.2 Å². The molecule has 3 aromatic rings. The van der Waals surface area contributed by atoms with Crippen LogP contribution in [-0.2, 0) is 0 Å². The maximum atomic E-state index is 5.44. The molecule has 0 saturated heterocycles. The monoisotopic (exact) mass is 216 g/mol. The highest BCUT2D eigenvalue weighted by atomic mass is 16.4. The zero-order valence-corrected chi connectivity index (χ0v) is 8.51. The normalized spacial score (nSPS) is 10.8. The van der Waals surface area contributed by atoms with Crippen LogP contribution in [0.25, 0.3) is 23.3 Å². The first kappa shape index (κ1) is 8.96. The van der Waals surface area contributed by atoms with E-state index < -0.39 is 0 Å². The van der Waals surface area contributed by atoms with Crippen molar-refractivity contribution in [3.63, 3.8) is 0 Å². The lowest BCUT2D eigenvalue weighted by Gasteiger charge is -1.89. The summed E-state index contributed by atoms with van der Waals surface area (Å²) in [6, 6.07) is 5.36. The van der Waals surface area contributed by atoms with Crippen LogP contribution in [-0.4, -0.2) is 10.2 Å². The van der Waals surface area contributed by atoms with Gasteiger partial charge in [0.1, 0.15) is 0 Å². The van der Waals surface area contributed by atoms with E-state index in [1.54, 1.807) is 24.7 Å². The average Bonchev–Trinajstić information content (AvgIpc) is 2.96. The Kier molecular flexibility index (Phi) is 1.89. The minimum absolute atomic E-state index is 0.343. The lowest BCUT2D eigenvalue weighted by molar-refractivity contribution is 0.500. The zero-order chi connectivity index (χ0) is 11.0. The van der Waals surface area contributed by atoms with Crippen LogP contribution in [0, 0.1) is 6.92 Å². The first-order valence-corrected chi connectivity index (χ1v) is 4.76. The highest BCUT2D eigenvalue weighted by molar-refractivity contribution is 5.52. The molecule has 80 valence electrons. The SMILES string of the molecule is Cc1ccoc1-c1nnc(-c2ccco2)o1. The van der Waals surface area contributed by atoms with Crippen molar-refractivity contribution in [3.8, 4) is 23.3 Å². The Morgan fingerprint density at radius 3 is 2.56 bits per heavy atom. The molecule has 0 bridgehead atoms. The number of rotatable bonds is 2. The Morgan fingerprint density at radius 1 is 1.00 bits per heavy atom. The first-order valence-electron chi connectivity index (χ1n) is 4.76. The molecular formula is C11H8N2O3. The molecule has 3 heterocycles. The maximum absolute atomic E-state index is 5.44. The summed E-state index contributed by atoms with van der Waals surface area (Å²) in [6.07, 6.45) is 3.14. The molecule has 0 aliphatic carbocycles. The van der Waals surface area contributed by atoms with E-state index in [9.17, 15) is 0 Å². The molecule has 0 aliphatic rings. The van der Waals surface area contributed by atoms with E-state index in [0.29, 0.717) is 23.3 Å². The van der Waals surface area contributed by atoms with Crippen LogP contribution in [0.5, 0.6) is 0 Å². The van der Waals surface area contributed by atoms with Crippen LogP contribution in [0.4, 0.5) is 0 Å². The van der Waals surface area contributed by atoms with E-state index in [1.807, 2.05) is 13.0 Å². The quantitative estimate of drug-likeness (QED) is 0.658. The van der Waals surface area contributed by atoms with Gasteiger partial charge in [-0.2, -0.15) is 0 Å². The van der Waals surface area contributed by atoms with Crippen LogP contribution < -0.4 is 0 Å². The molecule has 5 nitrogen and oxygen atoms in total. The summed E-state index contributed by atoms with van der Waals surface area (Å²) in [5.74, 6) is 1.83. The third kappa shape index (κ3) is 1.33. The Labute approximate surface area is 90.7 Å². The van der Waals surface area contributed by atoms with Crippen LogP contribution >= 0.6 is 0 Å². The van der Waals surface area contributed by atoms with E-state index in [1.165, 1.54) is 0 Å². The first-order chi connectivity index (χ1) is 7.84. The number of hydrogen-bond donors (Lipinski definition) is 0. The summed E-state index contributed by atoms with van der Waals surface area (Å²) in [4.78, 5) is 0. The minimum atomic E-state index is 0.343. The van der Waals surface area contributed by atoms with Crippen molar-refractivity contribution < 1.29 is 13.3 Å². The molecule has 0 N–H and O–H groups in total. The number of furan rings is 2. The number of nitrogens with zero attached hydrogens (tertiary/aromatic N) is 2. The second kappa shape index (κ2) is 3.37. The van der Waals surface area contributed by atoms with Crippen molar-refractivity contribution >= 4 is 0 Å². The lowest BCUT2D eigenvalue weighted by atomic mass is 10.3. The Morgan fingerprint density at radius 2 is 1.88 bits per heavy atom. The summed E-state index contributed by atoms with van der Waals surface area (Å²) in [5, 5.41) is 7.79. The van der Waals surface area contributed by atoms with Gasteiger partial charge in [0.15, 0.2) is 11.5 Å². The third-order valence-electron chi connectivity index (χ3n) is 2.21. The van der Waals surface area contributed by atoms with Gasteiger partial charge in [-0.25, -0.2) is 0 Å². The molecule has 0 aromatic carbocycles. The molecule has 0 radical (unpaired) electrons. The Bertz CT molecular complexity index is 592. The lowest BCUT2D eigenvalue weighted by Crippen LogP contribution is -1.76. The van der Waals surface area contributed by atoms with Crippen molar-refractivity contribution in [2.24, 2.45) is 0 Å². The molecule has 0 fully saturated rings. The van der Waals surface area contributed by atoms with Crippen molar-refractivity contribution in [2.75, 3.05) is 0 Å². The summed E-state index contributed by atoms with van der Waals surface area (Å²) in [5.41, 5.74) is 0.953. The fourth-order valence-corrected chi connectivity index (χ4v) is 1.41. The van der Waals surface area contributed by atoms with Gasteiger partial charge in [0, 0.05) is 5.56 Å². The molecular weight excluding hydrogens is 208 g/mol. The Hall–Kier alpha value is -2.30. The van der Waals surface area contributed by atoms with E-state index in [2.05, 4.69) is 10.2 Å². The smallest absolute Gasteiger partial charge is 0.284 e. The number of aromatic nitrogens is 2. The largest absolute Gasteiger partial charge is 0.459 e. The topological polar surface area (TPSA) is 65.2 Å². The molecule has 3 rings (SSSR count). The minimum Gasteiger partial charge on any atom is -0.459 e. The van der Waals surface area contributed by atoms with Gasteiger partial charge in [-0.3, -0.25) is 0 Å². The van der Waals surface area contributed by atoms with Gasteiger partial charge in [0.25, 0.3) is 11.8 Å². The van der Waals surface area contributed by atoms with E-state index >= 15 is 0 Å². The standard InChI is InChI=1S/C11H8N2O3/c1-7-4-6-15-9(7)11-13-12-10(16-11)8-3-2-5-14-8/h2-6H,1H3. The van der Waals surface area contributed by atoms with E-state index in [4.69, 9.17) is 13.3 Å². The predicted molar refractivity (Wildman–Crippen MR) is 54.4 cm³/mol. The molecule has 0 saturated carbocycles. The molecule has 16 heavy (non-hydrogen) atoms. The fraction of sp³-hybridized carbons (Fsp3) is 0.0909. The van der Waals surface area contributed by atoms with Gasteiger partial charge in [-0.05, 0) is 25.1 Å². The fourth-order valence-electron chi connectivity index (χ4n) is 1.41. The highest BCUT2D eigenvalue weighted by Crippen LogP contribution is 2.26.